The lowest BCUT2D eigenvalue weighted by Crippen LogP contribution is -2.36. The molecule has 0 saturated carbocycles. The van der Waals surface area contributed by atoms with Crippen LogP contribution in [-0.4, -0.2) is 41.9 Å². The van der Waals surface area contributed by atoms with Crippen molar-refractivity contribution in [3.63, 3.8) is 0 Å². The van der Waals surface area contributed by atoms with Gasteiger partial charge in [0, 0.05) is 13.0 Å². The van der Waals surface area contributed by atoms with Crippen LogP contribution in [0.5, 0.6) is 0 Å². The van der Waals surface area contributed by atoms with Crippen LogP contribution in [0.1, 0.15) is 27.2 Å². The standard InChI is InChI=1S/C10H18N2O4/c1-10(2,3)16-9(14)12-5-4-7(6-12)15-8(11)13/h7H,4-6H2,1-3H3,(H2,11,13)/t7-/m0/s1. The van der Waals surface area contributed by atoms with E-state index in [9.17, 15) is 9.59 Å². The maximum absolute atomic E-state index is 11.6. The fraction of sp³-hybridized carbons (Fsp3) is 0.800. The molecule has 0 bridgehead atoms. The molecule has 6 nitrogen and oxygen atoms in total. The monoisotopic (exact) mass is 230 g/mol. The summed E-state index contributed by atoms with van der Waals surface area (Å²) in [6.07, 6.45) is -0.911. The first-order valence-electron chi connectivity index (χ1n) is 5.22. The number of nitrogens with two attached hydrogens (primary N) is 1. The summed E-state index contributed by atoms with van der Waals surface area (Å²) in [6, 6.07) is 0. The van der Waals surface area contributed by atoms with Crippen LogP contribution < -0.4 is 5.73 Å². The zero-order chi connectivity index (χ0) is 12.3. The van der Waals surface area contributed by atoms with Gasteiger partial charge in [-0.25, -0.2) is 9.59 Å². The minimum Gasteiger partial charge on any atom is -0.444 e. The third kappa shape index (κ3) is 3.96. The summed E-state index contributed by atoms with van der Waals surface area (Å²) in [6.45, 7) is 6.28. The highest BCUT2D eigenvalue weighted by atomic mass is 16.6. The van der Waals surface area contributed by atoms with E-state index in [0.717, 1.165) is 0 Å². The molecule has 0 spiro atoms. The van der Waals surface area contributed by atoms with Crippen LogP contribution in [0.25, 0.3) is 0 Å². The Morgan fingerprint density at radius 3 is 2.50 bits per heavy atom. The predicted molar refractivity (Wildman–Crippen MR) is 56.9 cm³/mol. The number of nitrogens with zero attached hydrogens (tertiary/aromatic N) is 1. The van der Waals surface area contributed by atoms with Crippen LogP contribution >= 0.6 is 0 Å². The molecule has 1 heterocycles. The molecule has 0 aromatic heterocycles. The van der Waals surface area contributed by atoms with E-state index in [4.69, 9.17) is 15.2 Å². The lowest BCUT2D eigenvalue weighted by atomic mass is 10.2. The van der Waals surface area contributed by atoms with Crippen molar-refractivity contribution in [2.75, 3.05) is 13.1 Å². The summed E-state index contributed by atoms with van der Waals surface area (Å²) in [5.41, 5.74) is 4.39. The molecule has 1 fully saturated rings. The Morgan fingerprint density at radius 2 is 2.00 bits per heavy atom. The van der Waals surface area contributed by atoms with Crippen LogP contribution in [0.3, 0.4) is 0 Å². The zero-order valence-electron chi connectivity index (χ0n) is 9.86. The van der Waals surface area contributed by atoms with Crippen LogP contribution in [0.15, 0.2) is 0 Å². The van der Waals surface area contributed by atoms with Crippen molar-refractivity contribution < 1.29 is 19.1 Å². The van der Waals surface area contributed by atoms with Crippen LogP contribution in [0.4, 0.5) is 9.59 Å². The number of primary amides is 1. The molecule has 1 saturated heterocycles. The number of carbonyl (C=O) groups excluding carboxylic acids is 2. The van der Waals surface area contributed by atoms with Gasteiger partial charge >= 0.3 is 12.2 Å². The third-order valence-electron chi connectivity index (χ3n) is 2.08. The van der Waals surface area contributed by atoms with Crippen LogP contribution in [-0.2, 0) is 9.47 Å². The number of hydrogen-bond acceptors (Lipinski definition) is 4. The summed E-state index contributed by atoms with van der Waals surface area (Å²) in [7, 11) is 0. The molecule has 1 rings (SSSR count). The van der Waals surface area contributed by atoms with E-state index in [0.29, 0.717) is 19.5 Å². The van der Waals surface area contributed by atoms with E-state index in [1.54, 1.807) is 20.8 Å². The Kier molecular flexibility index (Phi) is 3.62. The minimum atomic E-state index is -0.809. The molecule has 6 heteroatoms. The van der Waals surface area contributed by atoms with Crippen molar-refractivity contribution in [2.24, 2.45) is 5.73 Å². The molecule has 2 N–H and O–H groups in total. The Bertz CT molecular complexity index is 285. The Labute approximate surface area is 94.7 Å². The van der Waals surface area contributed by atoms with Gasteiger partial charge in [0.1, 0.15) is 11.7 Å². The second kappa shape index (κ2) is 4.59. The third-order valence-corrected chi connectivity index (χ3v) is 2.08. The normalized spacial score (nSPS) is 20.7. The molecular formula is C10H18N2O4. The van der Waals surface area contributed by atoms with Crippen LogP contribution in [0, 0.1) is 0 Å². The summed E-state index contributed by atoms with van der Waals surface area (Å²) in [5, 5.41) is 0. The van der Waals surface area contributed by atoms with Gasteiger partial charge < -0.3 is 20.1 Å². The molecule has 0 unspecified atom stereocenters. The highest BCUT2D eigenvalue weighted by Crippen LogP contribution is 2.16. The Morgan fingerprint density at radius 1 is 1.38 bits per heavy atom. The van der Waals surface area contributed by atoms with Crippen molar-refractivity contribution in [1.82, 2.24) is 4.90 Å². The average Bonchev–Trinajstić information content (AvgIpc) is 2.48. The maximum Gasteiger partial charge on any atom is 0.410 e. The van der Waals surface area contributed by atoms with Gasteiger partial charge in [-0.05, 0) is 20.8 Å². The van der Waals surface area contributed by atoms with E-state index in [1.807, 2.05) is 0 Å². The van der Waals surface area contributed by atoms with Gasteiger partial charge in [0.2, 0.25) is 0 Å². The van der Waals surface area contributed by atoms with Gasteiger partial charge in [-0.1, -0.05) is 0 Å². The summed E-state index contributed by atoms with van der Waals surface area (Å²) >= 11 is 0. The molecule has 2 amide bonds. The number of likely N-dealkylation sites (tertiary alicyclic amines) is 1. The first-order valence-corrected chi connectivity index (χ1v) is 5.22. The molecule has 0 aromatic carbocycles. The van der Waals surface area contributed by atoms with Crippen molar-refractivity contribution in [1.29, 1.82) is 0 Å². The van der Waals surface area contributed by atoms with Crippen molar-refractivity contribution >= 4 is 12.2 Å². The first-order chi connectivity index (χ1) is 7.28. The zero-order valence-corrected chi connectivity index (χ0v) is 9.86. The molecule has 1 aliphatic rings. The van der Waals surface area contributed by atoms with E-state index >= 15 is 0 Å². The second-order valence-corrected chi connectivity index (χ2v) is 4.77. The number of ether oxygens (including phenoxy) is 2. The molecule has 16 heavy (non-hydrogen) atoms. The van der Waals surface area contributed by atoms with Crippen molar-refractivity contribution in [3.05, 3.63) is 0 Å². The molecule has 92 valence electrons. The van der Waals surface area contributed by atoms with Gasteiger partial charge in [-0.2, -0.15) is 0 Å². The molecule has 1 atom stereocenters. The van der Waals surface area contributed by atoms with Gasteiger partial charge in [0.25, 0.3) is 0 Å². The SMILES string of the molecule is CC(C)(C)OC(=O)N1CC[C@H](OC(N)=O)C1. The number of carbonyl (C=O) groups is 2. The molecular weight excluding hydrogens is 212 g/mol. The number of rotatable bonds is 1. The van der Waals surface area contributed by atoms with Gasteiger partial charge in [-0.15, -0.1) is 0 Å². The van der Waals surface area contributed by atoms with Gasteiger partial charge in [0.15, 0.2) is 0 Å². The van der Waals surface area contributed by atoms with Crippen LogP contribution in [0.2, 0.25) is 0 Å². The van der Waals surface area contributed by atoms with E-state index in [1.165, 1.54) is 4.90 Å². The van der Waals surface area contributed by atoms with E-state index in [2.05, 4.69) is 0 Å². The highest BCUT2D eigenvalue weighted by molar-refractivity contribution is 5.69. The average molecular weight is 230 g/mol. The van der Waals surface area contributed by atoms with Crippen molar-refractivity contribution in [2.45, 2.75) is 38.9 Å². The molecule has 0 aliphatic carbocycles. The molecule has 0 aromatic rings. The largest absolute Gasteiger partial charge is 0.444 e. The fourth-order valence-corrected chi connectivity index (χ4v) is 1.48. The maximum atomic E-state index is 11.6. The summed E-state index contributed by atoms with van der Waals surface area (Å²) in [4.78, 5) is 23.7. The second-order valence-electron chi connectivity index (χ2n) is 4.77. The number of hydrogen-bond donors (Lipinski definition) is 1. The van der Waals surface area contributed by atoms with Crippen molar-refractivity contribution in [3.8, 4) is 0 Å². The molecule has 1 aliphatic heterocycles. The predicted octanol–water partition coefficient (Wildman–Crippen LogP) is 1.09. The quantitative estimate of drug-likeness (QED) is 0.731. The summed E-state index contributed by atoms with van der Waals surface area (Å²) in [5.74, 6) is 0. The fourth-order valence-electron chi connectivity index (χ4n) is 1.48. The molecule has 0 radical (unpaired) electrons. The minimum absolute atomic E-state index is 0.315. The summed E-state index contributed by atoms with van der Waals surface area (Å²) < 4.78 is 10.0. The Hall–Kier alpha value is -1.46. The topological polar surface area (TPSA) is 81.9 Å². The van der Waals surface area contributed by atoms with Gasteiger partial charge in [-0.3, -0.25) is 0 Å². The van der Waals surface area contributed by atoms with E-state index in [-0.39, 0.29) is 12.2 Å². The highest BCUT2D eigenvalue weighted by Gasteiger charge is 2.31. The van der Waals surface area contributed by atoms with E-state index < -0.39 is 11.7 Å². The first kappa shape index (κ1) is 12.6. The Balaban J connectivity index is 2.41. The van der Waals surface area contributed by atoms with Gasteiger partial charge in [0.05, 0.1) is 6.54 Å². The lowest BCUT2D eigenvalue weighted by Gasteiger charge is -2.24. The lowest BCUT2D eigenvalue weighted by molar-refractivity contribution is 0.0261. The number of amides is 2. The smallest absolute Gasteiger partial charge is 0.410 e.